The van der Waals surface area contributed by atoms with Crippen molar-refractivity contribution in [2.75, 3.05) is 12.5 Å². The van der Waals surface area contributed by atoms with Crippen LogP contribution in [-0.2, 0) is 6.54 Å². The minimum Gasteiger partial charge on any atom is -0.467 e. The SMILES string of the molecule is O=C(CSc1nnc(C2CC2)n1Cc1ccco1)c1ccc2c(c1)OCO2. The molecule has 0 atom stereocenters. The van der Waals surface area contributed by atoms with Crippen LogP contribution in [0.3, 0.4) is 0 Å². The number of ketones is 1. The summed E-state index contributed by atoms with van der Waals surface area (Å²) >= 11 is 1.40. The summed E-state index contributed by atoms with van der Waals surface area (Å²) in [4.78, 5) is 12.6. The number of hydrogen-bond acceptors (Lipinski definition) is 7. The smallest absolute Gasteiger partial charge is 0.231 e. The first-order chi connectivity index (χ1) is 13.3. The van der Waals surface area contributed by atoms with Crippen LogP contribution in [0, 0.1) is 0 Å². The van der Waals surface area contributed by atoms with Crippen LogP contribution in [0.2, 0.25) is 0 Å². The van der Waals surface area contributed by atoms with Gasteiger partial charge in [-0.05, 0) is 43.2 Å². The first kappa shape index (κ1) is 16.4. The van der Waals surface area contributed by atoms with Crippen molar-refractivity contribution in [2.45, 2.75) is 30.5 Å². The number of ether oxygens (including phenoxy) is 2. The van der Waals surface area contributed by atoms with Gasteiger partial charge < -0.3 is 13.9 Å². The number of thioether (sulfide) groups is 1. The van der Waals surface area contributed by atoms with Crippen LogP contribution >= 0.6 is 11.8 Å². The highest BCUT2D eigenvalue weighted by Crippen LogP contribution is 2.40. The monoisotopic (exact) mass is 383 g/mol. The summed E-state index contributed by atoms with van der Waals surface area (Å²) in [5, 5.41) is 9.42. The Morgan fingerprint density at radius 1 is 1.19 bits per heavy atom. The van der Waals surface area contributed by atoms with Gasteiger partial charge in [-0.2, -0.15) is 0 Å². The van der Waals surface area contributed by atoms with Gasteiger partial charge in [-0.1, -0.05) is 11.8 Å². The van der Waals surface area contributed by atoms with Crippen LogP contribution < -0.4 is 9.47 Å². The quantitative estimate of drug-likeness (QED) is 0.456. The number of aromatic nitrogens is 3. The lowest BCUT2D eigenvalue weighted by Crippen LogP contribution is -2.08. The summed E-state index contributed by atoms with van der Waals surface area (Å²) in [6.45, 7) is 0.772. The average molecular weight is 383 g/mol. The van der Waals surface area contributed by atoms with Crippen molar-refractivity contribution in [3.05, 3.63) is 53.7 Å². The molecule has 27 heavy (non-hydrogen) atoms. The van der Waals surface area contributed by atoms with Crippen molar-refractivity contribution in [3.63, 3.8) is 0 Å². The lowest BCUT2D eigenvalue weighted by Gasteiger charge is -2.08. The molecule has 1 saturated carbocycles. The maximum absolute atomic E-state index is 12.6. The number of furan rings is 1. The molecule has 5 rings (SSSR count). The first-order valence-electron chi connectivity index (χ1n) is 8.79. The third-order valence-corrected chi connectivity index (χ3v) is 5.58. The highest BCUT2D eigenvalue weighted by molar-refractivity contribution is 7.99. The van der Waals surface area contributed by atoms with Gasteiger partial charge in [-0.15, -0.1) is 10.2 Å². The van der Waals surface area contributed by atoms with E-state index in [-0.39, 0.29) is 18.3 Å². The molecule has 3 aromatic rings. The second kappa shape index (κ2) is 6.77. The maximum Gasteiger partial charge on any atom is 0.231 e. The van der Waals surface area contributed by atoms with E-state index in [4.69, 9.17) is 13.9 Å². The molecule has 0 bridgehead atoms. The third kappa shape index (κ3) is 3.32. The fraction of sp³-hybridized carbons (Fsp3) is 0.316. The molecule has 0 N–H and O–H groups in total. The Morgan fingerprint density at radius 2 is 2.07 bits per heavy atom. The number of carbonyl (C=O) groups excluding carboxylic acids is 1. The fourth-order valence-corrected chi connectivity index (χ4v) is 3.88. The first-order valence-corrected chi connectivity index (χ1v) is 9.77. The number of carbonyl (C=O) groups is 1. The van der Waals surface area contributed by atoms with Crippen molar-refractivity contribution in [3.8, 4) is 11.5 Å². The van der Waals surface area contributed by atoms with Gasteiger partial charge in [-0.25, -0.2) is 0 Å². The molecule has 0 amide bonds. The van der Waals surface area contributed by atoms with Crippen LogP contribution in [0.4, 0.5) is 0 Å². The molecule has 2 aromatic heterocycles. The van der Waals surface area contributed by atoms with Crippen molar-refractivity contribution >= 4 is 17.5 Å². The second-order valence-corrected chi connectivity index (χ2v) is 7.50. The molecule has 2 aliphatic rings. The molecule has 138 valence electrons. The topological polar surface area (TPSA) is 79.4 Å². The Hall–Kier alpha value is -2.74. The van der Waals surface area contributed by atoms with Gasteiger partial charge in [0.1, 0.15) is 11.6 Å². The molecule has 1 aliphatic heterocycles. The van der Waals surface area contributed by atoms with Gasteiger partial charge >= 0.3 is 0 Å². The van der Waals surface area contributed by atoms with E-state index in [0.717, 1.165) is 29.6 Å². The molecule has 0 unspecified atom stereocenters. The summed E-state index contributed by atoms with van der Waals surface area (Å²) in [5.41, 5.74) is 0.603. The maximum atomic E-state index is 12.6. The Balaban J connectivity index is 1.32. The number of fused-ring (bicyclic) bond motifs is 1. The van der Waals surface area contributed by atoms with Crippen LogP contribution in [0.25, 0.3) is 0 Å². The molecular weight excluding hydrogens is 366 g/mol. The van der Waals surface area contributed by atoms with E-state index in [2.05, 4.69) is 14.8 Å². The van der Waals surface area contributed by atoms with Gasteiger partial charge in [0.2, 0.25) is 6.79 Å². The number of hydrogen-bond donors (Lipinski definition) is 0. The zero-order valence-corrected chi connectivity index (χ0v) is 15.3. The minimum atomic E-state index is 0.0128. The molecular formula is C19H17N3O4S. The number of benzene rings is 1. The lowest BCUT2D eigenvalue weighted by atomic mass is 10.1. The minimum absolute atomic E-state index is 0.0128. The second-order valence-electron chi connectivity index (χ2n) is 6.56. The Labute approximate surface area is 159 Å². The van der Waals surface area contributed by atoms with Gasteiger partial charge in [0.05, 0.1) is 18.6 Å². The van der Waals surface area contributed by atoms with E-state index in [1.165, 1.54) is 11.8 Å². The van der Waals surface area contributed by atoms with Gasteiger partial charge in [0.25, 0.3) is 0 Å². The number of Topliss-reactive ketones (excluding diaryl/α,β-unsaturated/α-hetero) is 1. The van der Waals surface area contributed by atoms with Gasteiger partial charge in [0.15, 0.2) is 22.4 Å². The van der Waals surface area contributed by atoms with E-state index in [9.17, 15) is 4.79 Å². The standard InChI is InChI=1S/C19H17N3O4S/c23-15(13-5-6-16-17(8-13)26-11-25-16)10-27-19-21-20-18(12-3-4-12)22(19)9-14-2-1-7-24-14/h1-2,5-8,12H,3-4,9-11H2. The molecule has 1 aromatic carbocycles. The van der Waals surface area contributed by atoms with Crippen molar-refractivity contribution < 1.29 is 18.7 Å². The van der Waals surface area contributed by atoms with Crippen LogP contribution in [0.5, 0.6) is 11.5 Å². The van der Waals surface area contributed by atoms with Crippen LogP contribution in [0.1, 0.15) is 40.7 Å². The summed E-state index contributed by atoms with van der Waals surface area (Å²) in [7, 11) is 0. The molecule has 3 heterocycles. The molecule has 0 spiro atoms. The molecule has 1 aliphatic carbocycles. The Kier molecular flexibility index (Phi) is 4.12. The van der Waals surface area contributed by atoms with E-state index in [1.807, 2.05) is 12.1 Å². The van der Waals surface area contributed by atoms with Gasteiger partial charge in [-0.3, -0.25) is 9.36 Å². The summed E-state index contributed by atoms with van der Waals surface area (Å²) in [6, 6.07) is 9.06. The molecule has 0 radical (unpaired) electrons. The summed E-state index contributed by atoms with van der Waals surface area (Å²) in [6.07, 6.45) is 3.93. The van der Waals surface area contributed by atoms with Crippen LogP contribution in [-0.4, -0.2) is 33.1 Å². The summed E-state index contributed by atoms with van der Waals surface area (Å²) < 4.78 is 18.2. The molecule has 0 saturated heterocycles. The van der Waals surface area contributed by atoms with Gasteiger partial charge in [0, 0.05) is 11.5 Å². The fourth-order valence-electron chi connectivity index (χ4n) is 3.04. The highest BCUT2D eigenvalue weighted by atomic mass is 32.2. The van der Waals surface area contributed by atoms with Crippen molar-refractivity contribution in [1.29, 1.82) is 0 Å². The van der Waals surface area contributed by atoms with Crippen molar-refractivity contribution in [2.24, 2.45) is 0 Å². The normalized spacial score (nSPS) is 15.3. The predicted octanol–water partition coefficient (Wildman–Crippen LogP) is 3.50. The highest BCUT2D eigenvalue weighted by Gasteiger charge is 2.31. The van der Waals surface area contributed by atoms with E-state index >= 15 is 0 Å². The predicted molar refractivity (Wildman–Crippen MR) is 97.4 cm³/mol. The molecule has 8 heteroatoms. The largest absolute Gasteiger partial charge is 0.467 e. The third-order valence-electron chi connectivity index (χ3n) is 4.61. The zero-order chi connectivity index (χ0) is 18.2. The molecule has 7 nitrogen and oxygen atoms in total. The Bertz CT molecular complexity index is 979. The lowest BCUT2D eigenvalue weighted by molar-refractivity contribution is 0.102. The number of rotatable bonds is 7. The Morgan fingerprint density at radius 3 is 2.89 bits per heavy atom. The van der Waals surface area contributed by atoms with Crippen LogP contribution in [0.15, 0.2) is 46.2 Å². The zero-order valence-electron chi connectivity index (χ0n) is 14.5. The van der Waals surface area contributed by atoms with E-state index in [0.29, 0.717) is 29.5 Å². The summed E-state index contributed by atoms with van der Waals surface area (Å²) in [5.74, 6) is 3.87. The van der Waals surface area contributed by atoms with E-state index < -0.39 is 0 Å². The molecule has 1 fully saturated rings. The number of nitrogens with zero attached hydrogens (tertiary/aromatic N) is 3. The van der Waals surface area contributed by atoms with E-state index in [1.54, 1.807) is 24.5 Å². The average Bonchev–Trinajstić information content (AvgIpc) is 3.09. The van der Waals surface area contributed by atoms with Crippen molar-refractivity contribution in [1.82, 2.24) is 14.8 Å².